The highest BCUT2D eigenvalue weighted by atomic mass is 16.4. The number of carbonyl (C=O) groups is 3. The molecule has 0 spiro atoms. The first-order valence-electron chi connectivity index (χ1n) is 9.65. The van der Waals surface area contributed by atoms with E-state index in [9.17, 15) is 24.6 Å². The third-order valence-electron chi connectivity index (χ3n) is 7.99. The van der Waals surface area contributed by atoms with Gasteiger partial charge < -0.3 is 10.2 Å². The largest absolute Gasteiger partial charge is 0.481 e. The van der Waals surface area contributed by atoms with E-state index >= 15 is 0 Å². The lowest BCUT2D eigenvalue weighted by Gasteiger charge is -2.55. The molecule has 2 fully saturated rings. The van der Waals surface area contributed by atoms with Gasteiger partial charge in [-0.15, -0.1) is 0 Å². The Morgan fingerprint density at radius 1 is 1.19 bits per heavy atom. The number of aliphatic hydroxyl groups is 1. The monoisotopic (exact) mass is 358 g/mol. The number of fused-ring (bicyclic) bond motifs is 5. The second-order valence-corrected chi connectivity index (χ2v) is 8.79. The van der Waals surface area contributed by atoms with Gasteiger partial charge in [0.15, 0.2) is 11.6 Å². The number of aliphatic hydroxyl groups excluding tert-OH is 1. The highest BCUT2D eigenvalue weighted by Gasteiger charge is 2.62. The van der Waals surface area contributed by atoms with Gasteiger partial charge in [-0.25, -0.2) is 0 Å². The second kappa shape index (κ2) is 5.88. The lowest BCUT2D eigenvalue weighted by molar-refractivity contribution is -0.156. The SMILES string of the molecule is C[C@]12CC[C@H]3[C@@H](C=CC4=CC(=O)CC[C@@]43C(=O)O)[C@@H]1CC[C@@H]2C(=O)CO. The van der Waals surface area contributed by atoms with Crippen LogP contribution >= 0.6 is 0 Å². The predicted molar refractivity (Wildman–Crippen MR) is 94.2 cm³/mol. The first kappa shape index (κ1) is 17.7. The van der Waals surface area contributed by atoms with E-state index in [-0.39, 0.29) is 40.7 Å². The Morgan fingerprint density at radius 3 is 2.65 bits per heavy atom. The Balaban J connectivity index is 1.76. The summed E-state index contributed by atoms with van der Waals surface area (Å²) in [6.07, 6.45) is 9.38. The molecular formula is C21H26O5. The predicted octanol–water partition coefficient (Wildman–Crippen LogP) is 2.54. The molecule has 4 aliphatic rings. The topological polar surface area (TPSA) is 91.7 Å². The molecule has 2 saturated carbocycles. The molecule has 6 atom stereocenters. The van der Waals surface area contributed by atoms with E-state index in [1.165, 1.54) is 6.08 Å². The quantitative estimate of drug-likeness (QED) is 0.809. The van der Waals surface area contributed by atoms with Crippen LogP contribution in [0.4, 0.5) is 0 Å². The summed E-state index contributed by atoms with van der Waals surface area (Å²) in [7, 11) is 0. The van der Waals surface area contributed by atoms with Crippen LogP contribution in [0.15, 0.2) is 23.8 Å². The fourth-order valence-electron chi connectivity index (χ4n) is 6.72. The molecule has 0 amide bonds. The summed E-state index contributed by atoms with van der Waals surface area (Å²) < 4.78 is 0. The average Bonchev–Trinajstić information content (AvgIpc) is 2.97. The third kappa shape index (κ3) is 2.16. The van der Waals surface area contributed by atoms with E-state index in [4.69, 9.17) is 0 Å². The van der Waals surface area contributed by atoms with E-state index in [0.717, 1.165) is 25.7 Å². The zero-order valence-electron chi connectivity index (χ0n) is 15.1. The molecular weight excluding hydrogens is 332 g/mol. The third-order valence-corrected chi connectivity index (χ3v) is 7.99. The molecule has 2 N–H and O–H groups in total. The van der Waals surface area contributed by atoms with E-state index < -0.39 is 18.0 Å². The number of allylic oxidation sites excluding steroid dienone is 3. The van der Waals surface area contributed by atoms with Crippen LogP contribution < -0.4 is 0 Å². The van der Waals surface area contributed by atoms with Crippen molar-refractivity contribution in [3.63, 3.8) is 0 Å². The molecule has 0 unspecified atom stereocenters. The van der Waals surface area contributed by atoms with Crippen molar-refractivity contribution in [1.82, 2.24) is 0 Å². The van der Waals surface area contributed by atoms with Crippen LogP contribution in [-0.2, 0) is 14.4 Å². The van der Waals surface area contributed by atoms with E-state index in [2.05, 4.69) is 13.0 Å². The summed E-state index contributed by atoms with van der Waals surface area (Å²) in [5, 5.41) is 19.5. The van der Waals surface area contributed by atoms with Crippen LogP contribution in [-0.4, -0.2) is 34.4 Å². The van der Waals surface area contributed by atoms with Gasteiger partial charge in [0.1, 0.15) is 6.61 Å². The number of hydrogen-bond donors (Lipinski definition) is 2. The van der Waals surface area contributed by atoms with E-state index in [1.54, 1.807) is 0 Å². The highest BCUT2D eigenvalue weighted by molar-refractivity contribution is 5.96. The van der Waals surface area contributed by atoms with Crippen molar-refractivity contribution in [1.29, 1.82) is 0 Å². The summed E-state index contributed by atoms with van der Waals surface area (Å²) in [6.45, 7) is 1.74. The van der Waals surface area contributed by atoms with Crippen LogP contribution in [0.3, 0.4) is 0 Å². The van der Waals surface area contributed by atoms with Crippen LogP contribution in [0, 0.1) is 34.5 Å². The number of aliphatic carboxylic acids is 1. The normalized spacial score (nSPS) is 43.9. The molecule has 0 saturated heterocycles. The molecule has 5 nitrogen and oxygen atoms in total. The first-order valence-corrected chi connectivity index (χ1v) is 9.65. The second-order valence-electron chi connectivity index (χ2n) is 8.79. The Hall–Kier alpha value is -1.75. The molecule has 4 rings (SSSR count). The summed E-state index contributed by atoms with van der Waals surface area (Å²) in [6, 6.07) is 0. The fraction of sp³-hybridized carbons (Fsp3) is 0.667. The molecule has 26 heavy (non-hydrogen) atoms. The van der Waals surface area contributed by atoms with Crippen LogP contribution in [0.25, 0.3) is 0 Å². The lowest BCUT2D eigenvalue weighted by atomic mass is 9.48. The van der Waals surface area contributed by atoms with Crippen molar-refractivity contribution in [3.05, 3.63) is 23.8 Å². The minimum absolute atomic E-state index is 0.00935. The van der Waals surface area contributed by atoms with Crippen LogP contribution in [0.2, 0.25) is 0 Å². The van der Waals surface area contributed by atoms with Crippen molar-refractivity contribution in [2.75, 3.05) is 6.61 Å². The fourth-order valence-corrected chi connectivity index (χ4v) is 6.72. The van der Waals surface area contributed by atoms with Gasteiger partial charge in [-0.1, -0.05) is 19.1 Å². The Bertz CT molecular complexity index is 735. The molecule has 0 aromatic carbocycles. The Morgan fingerprint density at radius 2 is 1.96 bits per heavy atom. The molecule has 4 aliphatic carbocycles. The molecule has 0 aliphatic heterocycles. The van der Waals surface area contributed by atoms with Gasteiger partial charge in [0, 0.05) is 12.3 Å². The smallest absolute Gasteiger partial charge is 0.314 e. The first-order chi connectivity index (χ1) is 12.3. The summed E-state index contributed by atoms with van der Waals surface area (Å²) in [5.41, 5.74) is -0.475. The van der Waals surface area contributed by atoms with Gasteiger partial charge in [-0.05, 0) is 66.9 Å². The molecule has 140 valence electrons. The number of carboxylic acid groups (broad SMARTS) is 1. The zero-order chi connectivity index (χ0) is 18.7. The maximum absolute atomic E-state index is 12.4. The van der Waals surface area contributed by atoms with Gasteiger partial charge in [0.05, 0.1) is 5.41 Å². The Labute approximate surface area is 153 Å². The number of rotatable bonds is 3. The van der Waals surface area contributed by atoms with Crippen LogP contribution in [0.5, 0.6) is 0 Å². The standard InChI is InChI=1S/C21H26O5/c1-20-8-7-16-14(15(20)4-5-17(20)18(24)11-22)3-2-12-10-13(23)6-9-21(12,16)19(25)26/h2-3,10,14-17,22H,4-9,11H2,1H3,(H,25,26)/t14-,15-,16-,17+,20-,21+/m0/s1. The summed E-state index contributed by atoms with van der Waals surface area (Å²) >= 11 is 0. The van der Waals surface area contributed by atoms with Gasteiger partial charge in [-0.3, -0.25) is 14.4 Å². The van der Waals surface area contributed by atoms with Gasteiger partial charge in [0.2, 0.25) is 0 Å². The van der Waals surface area contributed by atoms with Crippen molar-refractivity contribution >= 4 is 17.5 Å². The van der Waals surface area contributed by atoms with Crippen molar-refractivity contribution in [3.8, 4) is 0 Å². The van der Waals surface area contributed by atoms with E-state index in [0.29, 0.717) is 18.4 Å². The minimum atomic E-state index is -0.965. The summed E-state index contributed by atoms with van der Waals surface area (Å²) in [4.78, 5) is 36.5. The average molecular weight is 358 g/mol. The van der Waals surface area contributed by atoms with Crippen LogP contribution in [0.1, 0.15) is 45.4 Å². The Kier molecular flexibility index (Phi) is 3.99. The summed E-state index contributed by atoms with van der Waals surface area (Å²) in [5.74, 6) is -0.664. The lowest BCUT2D eigenvalue weighted by Crippen LogP contribution is -2.53. The zero-order valence-corrected chi connectivity index (χ0v) is 15.1. The number of carboxylic acids is 1. The van der Waals surface area contributed by atoms with Crippen molar-refractivity contribution in [2.24, 2.45) is 34.5 Å². The van der Waals surface area contributed by atoms with E-state index in [1.807, 2.05) is 6.08 Å². The molecule has 0 aromatic rings. The number of ketones is 2. The maximum atomic E-state index is 12.4. The number of carbonyl (C=O) groups excluding carboxylic acids is 2. The van der Waals surface area contributed by atoms with Crippen molar-refractivity contribution in [2.45, 2.75) is 45.4 Å². The van der Waals surface area contributed by atoms with Gasteiger partial charge in [0.25, 0.3) is 0 Å². The van der Waals surface area contributed by atoms with Crippen molar-refractivity contribution < 1.29 is 24.6 Å². The number of Topliss-reactive ketones (excluding diaryl/α,β-unsaturated/α-hetero) is 1. The molecule has 0 bridgehead atoms. The maximum Gasteiger partial charge on any atom is 0.314 e. The molecule has 0 aromatic heterocycles. The molecule has 0 heterocycles. The van der Waals surface area contributed by atoms with Gasteiger partial charge in [-0.2, -0.15) is 0 Å². The number of hydrogen-bond acceptors (Lipinski definition) is 4. The molecule has 5 heteroatoms. The van der Waals surface area contributed by atoms with Gasteiger partial charge >= 0.3 is 5.97 Å². The highest BCUT2D eigenvalue weighted by Crippen LogP contribution is 2.65. The minimum Gasteiger partial charge on any atom is -0.481 e. The molecule has 0 radical (unpaired) electrons.